The number of benzene rings is 1. The number of aryl methyl sites for hydroxylation is 1. The standard InChI is InChI=1S/C14H12ClN3O3/c1-7-16-10-6-8(15)2-3-9(10)14(21)18(7)11-4-5-12(19)17-13(11)20/h2-3,6,11H,4-5H2,1H3,(H,17,19,20). The van der Waals surface area contributed by atoms with E-state index in [0.717, 1.165) is 0 Å². The lowest BCUT2D eigenvalue weighted by molar-refractivity contribution is -0.135. The van der Waals surface area contributed by atoms with Crippen LogP contribution in [0.1, 0.15) is 24.7 Å². The number of piperidine rings is 1. The molecule has 108 valence electrons. The molecule has 7 heteroatoms. The number of hydrogen-bond acceptors (Lipinski definition) is 4. The van der Waals surface area contributed by atoms with Crippen LogP contribution in [0.25, 0.3) is 10.9 Å². The van der Waals surface area contributed by atoms with Gasteiger partial charge < -0.3 is 0 Å². The van der Waals surface area contributed by atoms with Crippen molar-refractivity contribution in [3.63, 3.8) is 0 Å². The van der Waals surface area contributed by atoms with Crippen LogP contribution in [0.15, 0.2) is 23.0 Å². The summed E-state index contributed by atoms with van der Waals surface area (Å²) in [6, 6.07) is 4.11. The normalized spacial score (nSPS) is 18.9. The Labute approximate surface area is 124 Å². The topological polar surface area (TPSA) is 81.1 Å². The van der Waals surface area contributed by atoms with Crippen LogP contribution in [0.2, 0.25) is 5.02 Å². The zero-order valence-corrected chi connectivity index (χ0v) is 12.0. The Morgan fingerprint density at radius 3 is 2.81 bits per heavy atom. The second-order valence-corrected chi connectivity index (χ2v) is 5.40. The van der Waals surface area contributed by atoms with Gasteiger partial charge in [0.2, 0.25) is 11.8 Å². The molecule has 21 heavy (non-hydrogen) atoms. The van der Waals surface area contributed by atoms with Crippen LogP contribution < -0.4 is 10.9 Å². The summed E-state index contributed by atoms with van der Waals surface area (Å²) in [6.07, 6.45) is 0.507. The Morgan fingerprint density at radius 2 is 2.10 bits per heavy atom. The summed E-state index contributed by atoms with van der Waals surface area (Å²) in [4.78, 5) is 40.1. The van der Waals surface area contributed by atoms with E-state index in [1.807, 2.05) is 0 Å². The van der Waals surface area contributed by atoms with E-state index in [2.05, 4.69) is 10.3 Å². The fourth-order valence-electron chi connectivity index (χ4n) is 2.58. The molecule has 0 radical (unpaired) electrons. The molecule has 0 saturated carbocycles. The summed E-state index contributed by atoms with van der Waals surface area (Å²) in [6.45, 7) is 1.66. The van der Waals surface area contributed by atoms with Gasteiger partial charge in [0.25, 0.3) is 5.56 Å². The molecule has 0 bridgehead atoms. The van der Waals surface area contributed by atoms with Crippen molar-refractivity contribution in [2.75, 3.05) is 0 Å². The van der Waals surface area contributed by atoms with Gasteiger partial charge in [-0.1, -0.05) is 11.6 Å². The third-order valence-electron chi connectivity index (χ3n) is 3.56. The number of hydrogen-bond donors (Lipinski definition) is 1. The smallest absolute Gasteiger partial charge is 0.262 e. The van der Waals surface area contributed by atoms with Crippen molar-refractivity contribution in [1.82, 2.24) is 14.9 Å². The number of amides is 2. The maximum absolute atomic E-state index is 12.6. The first kappa shape index (κ1) is 13.8. The molecule has 1 N–H and O–H groups in total. The van der Waals surface area contributed by atoms with E-state index in [1.54, 1.807) is 25.1 Å². The van der Waals surface area contributed by atoms with Gasteiger partial charge in [-0.15, -0.1) is 0 Å². The van der Waals surface area contributed by atoms with Crippen LogP contribution in [0.5, 0.6) is 0 Å². The number of rotatable bonds is 1. The van der Waals surface area contributed by atoms with Gasteiger partial charge in [-0.2, -0.15) is 0 Å². The molecule has 1 saturated heterocycles. The SMILES string of the molecule is Cc1nc2cc(Cl)ccc2c(=O)n1C1CCC(=O)NC1=O. The highest BCUT2D eigenvalue weighted by atomic mass is 35.5. The van der Waals surface area contributed by atoms with Crippen LogP contribution in [0, 0.1) is 6.92 Å². The quantitative estimate of drug-likeness (QED) is 0.806. The molecule has 1 aromatic carbocycles. The molecule has 0 spiro atoms. The summed E-state index contributed by atoms with van der Waals surface area (Å²) in [5.74, 6) is -0.363. The highest BCUT2D eigenvalue weighted by molar-refractivity contribution is 6.31. The predicted octanol–water partition coefficient (Wildman–Crippen LogP) is 1.34. The molecule has 1 fully saturated rings. The lowest BCUT2D eigenvalue weighted by Crippen LogP contribution is -2.45. The molecule has 2 amide bonds. The summed E-state index contributed by atoms with van der Waals surface area (Å²) < 4.78 is 1.35. The first-order valence-electron chi connectivity index (χ1n) is 6.49. The number of halogens is 1. The summed E-state index contributed by atoms with van der Waals surface area (Å²) >= 11 is 5.90. The first-order valence-corrected chi connectivity index (χ1v) is 6.87. The fourth-order valence-corrected chi connectivity index (χ4v) is 2.74. The number of carbonyl (C=O) groups excluding carboxylic acids is 2. The maximum atomic E-state index is 12.6. The number of carbonyl (C=O) groups is 2. The number of imide groups is 1. The molecule has 2 heterocycles. The maximum Gasteiger partial charge on any atom is 0.262 e. The Hall–Kier alpha value is -2.21. The minimum absolute atomic E-state index is 0.209. The minimum atomic E-state index is -0.706. The molecule has 2 aromatic rings. The molecule has 0 aliphatic carbocycles. The number of nitrogens with zero attached hydrogens (tertiary/aromatic N) is 2. The second-order valence-electron chi connectivity index (χ2n) is 4.96. The highest BCUT2D eigenvalue weighted by Crippen LogP contribution is 2.21. The average molecular weight is 306 g/mol. The molecule has 1 aliphatic heterocycles. The van der Waals surface area contributed by atoms with Crippen molar-refractivity contribution in [3.8, 4) is 0 Å². The summed E-state index contributed by atoms with van der Waals surface area (Å²) in [7, 11) is 0. The second kappa shape index (κ2) is 4.96. The Balaban J connectivity index is 2.19. The molecule has 1 unspecified atom stereocenters. The fraction of sp³-hybridized carbons (Fsp3) is 0.286. The van der Waals surface area contributed by atoms with Crippen LogP contribution in [0.3, 0.4) is 0 Å². The van der Waals surface area contributed by atoms with Gasteiger partial charge in [-0.3, -0.25) is 24.3 Å². The van der Waals surface area contributed by atoms with E-state index < -0.39 is 11.9 Å². The van der Waals surface area contributed by atoms with E-state index in [1.165, 1.54) is 4.57 Å². The lowest BCUT2D eigenvalue weighted by atomic mass is 10.1. The number of aromatic nitrogens is 2. The summed E-state index contributed by atoms with van der Waals surface area (Å²) in [5.41, 5.74) is 0.192. The highest BCUT2D eigenvalue weighted by Gasteiger charge is 2.30. The van der Waals surface area contributed by atoms with Gasteiger partial charge in [0.1, 0.15) is 11.9 Å². The Morgan fingerprint density at radius 1 is 1.33 bits per heavy atom. The van der Waals surface area contributed by atoms with Crippen molar-refractivity contribution in [1.29, 1.82) is 0 Å². The van der Waals surface area contributed by atoms with Gasteiger partial charge in [0.05, 0.1) is 10.9 Å². The van der Waals surface area contributed by atoms with Crippen LogP contribution in [-0.2, 0) is 9.59 Å². The van der Waals surface area contributed by atoms with E-state index in [-0.39, 0.29) is 17.9 Å². The molecular formula is C14H12ClN3O3. The minimum Gasteiger partial charge on any atom is -0.295 e. The van der Waals surface area contributed by atoms with Gasteiger partial charge in [-0.25, -0.2) is 4.98 Å². The monoisotopic (exact) mass is 305 g/mol. The van der Waals surface area contributed by atoms with Crippen molar-refractivity contribution >= 4 is 34.3 Å². The van der Waals surface area contributed by atoms with Gasteiger partial charge in [-0.05, 0) is 31.5 Å². The first-order chi connectivity index (χ1) is 9.97. The van der Waals surface area contributed by atoms with E-state index in [9.17, 15) is 14.4 Å². The predicted molar refractivity (Wildman–Crippen MR) is 77.2 cm³/mol. The van der Waals surface area contributed by atoms with E-state index >= 15 is 0 Å². The van der Waals surface area contributed by atoms with Crippen molar-refractivity contribution in [2.45, 2.75) is 25.8 Å². The van der Waals surface area contributed by atoms with Crippen molar-refractivity contribution < 1.29 is 9.59 Å². The van der Waals surface area contributed by atoms with Crippen molar-refractivity contribution in [2.24, 2.45) is 0 Å². The molecule has 3 rings (SSSR count). The Kier molecular flexibility index (Phi) is 3.25. The largest absolute Gasteiger partial charge is 0.295 e. The molecule has 6 nitrogen and oxygen atoms in total. The molecular weight excluding hydrogens is 294 g/mol. The van der Waals surface area contributed by atoms with Crippen LogP contribution in [0.4, 0.5) is 0 Å². The third kappa shape index (κ3) is 2.31. The molecule has 1 aromatic heterocycles. The van der Waals surface area contributed by atoms with Gasteiger partial charge >= 0.3 is 0 Å². The number of nitrogens with one attached hydrogen (secondary N) is 1. The number of fused-ring (bicyclic) bond motifs is 1. The van der Waals surface area contributed by atoms with Crippen molar-refractivity contribution in [3.05, 3.63) is 39.4 Å². The molecule has 1 aliphatic rings. The zero-order chi connectivity index (χ0) is 15.1. The third-order valence-corrected chi connectivity index (χ3v) is 3.80. The van der Waals surface area contributed by atoms with E-state index in [4.69, 9.17) is 11.6 Å². The Bertz CT molecular complexity index is 828. The zero-order valence-electron chi connectivity index (χ0n) is 11.2. The summed E-state index contributed by atoms with van der Waals surface area (Å²) in [5, 5.41) is 3.14. The lowest BCUT2D eigenvalue weighted by Gasteiger charge is -2.24. The average Bonchev–Trinajstić information content (AvgIpc) is 2.40. The van der Waals surface area contributed by atoms with Crippen LogP contribution >= 0.6 is 11.6 Å². The van der Waals surface area contributed by atoms with Gasteiger partial charge in [0.15, 0.2) is 0 Å². The van der Waals surface area contributed by atoms with E-state index in [0.29, 0.717) is 28.2 Å². The molecule has 1 atom stereocenters. The van der Waals surface area contributed by atoms with Gasteiger partial charge in [0, 0.05) is 11.4 Å². The van der Waals surface area contributed by atoms with Crippen LogP contribution in [-0.4, -0.2) is 21.4 Å².